The van der Waals surface area contributed by atoms with E-state index in [9.17, 15) is 9.59 Å². The first-order valence-electron chi connectivity index (χ1n) is 8.78. The van der Waals surface area contributed by atoms with Crippen LogP contribution in [0.3, 0.4) is 0 Å². The number of amides is 2. The summed E-state index contributed by atoms with van der Waals surface area (Å²) in [7, 11) is 0. The molecular weight excluding hydrogens is 390 g/mol. The first-order valence-corrected chi connectivity index (χ1v) is 9.60. The Morgan fingerprint density at radius 3 is 2.69 bits per heavy atom. The van der Waals surface area contributed by atoms with Crippen molar-refractivity contribution in [3.8, 4) is 0 Å². The van der Waals surface area contributed by atoms with Gasteiger partial charge in [0.1, 0.15) is 6.33 Å². The van der Waals surface area contributed by atoms with E-state index >= 15 is 0 Å². The van der Waals surface area contributed by atoms with Gasteiger partial charge in [0.05, 0.1) is 22.7 Å². The molecule has 0 atom stereocenters. The number of rotatable bonds is 6. The fourth-order valence-corrected chi connectivity index (χ4v) is 3.67. The number of carbonyl (C=O) groups is 2. The summed E-state index contributed by atoms with van der Waals surface area (Å²) in [6.45, 7) is 2.36. The molecule has 1 aromatic carbocycles. The van der Waals surface area contributed by atoms with Crippen LogP contribution in [-0.2, 0) is 6.54 Å². The second kappa shape index (κ2) is 8.11. The zero-order valence-corrected chi connectivity index (χ0v) is 16.3. The fourth-order valence-electron chi connectivity index (χ4n) is 2.71. The highest BCUT2D eigenvalue weighted by molar-refractivity contribution is 7.18. The summed E-state index contributed by atoms with van der Waals surface area (Å²) in [6.07, 6.45) is 3.00. The SMILES string of the molecule is Cc1cc(NC(=O)c2ccco2)sc1C(=O)Nc1ncn(Cc2ccccc2)n1. The maximum atomic E-state index is 12.6. The third-order valence-corrected chi connectivity index (χ3v) is 5.21. The highest BCUT2D eigenvalue weighted by Crippen LogP contribution is 2.27. The van der Waals surface area contributed by atoms with Gasteiger partial charge in [0.2, 0.25) is 5.95 Å². The number of thiophene rings is 1. The van der Waals surface area contributed by atoms with E-state index in [1.54, 1.807) is 36.1 Å². The molecule has 29 heavy (non-hydrogen) atoms. The number of hydrogen-bond acceptors (Lipinski definition) is 6. The van der Waals surface area contributed by atoms with Crippen molar-refractivity contribution in [2.24, 2.45) is 0 Å². The van der Waals surface area contributed by atoms with Crippen molar-refractivity contribution in [1.29, 1.82) is 0 Å². The molecule has 0 saturated carbocycles. The number of aryl methyl sites for hydroxylation is 1. The molecule has 0 spiro atoms. The van der Waals surface area contributed by atoms with Crippen molar-refractivity contribution in [3.05, 3.63) is 82.9 Å². The van der Waals surface area contributed by atoms with Crippen LogP contribution in [0.1, 0.15) is 31.4 Å². The molecule has 9 heteroatoms. The van der Waals surface area contributed by atoms with Crippen molar-refractivity contribution in [1.82, 2.24) is 14.8 Å². The van der Waals surface area contributed by atoms with Crippen molar-refractivity contribution in [3.63, 3.8) is 0 Å². The Morgan fingerprint density at radius 2 is 1.93 bits per heavy atom. The molecule has 4 aromatic rings. The third kappa shape index (κ3) is 4.41. The summed E-state index contributed by atoms with van der Waals surface area (Å²) < 4.78 is 6.72. The Bertz CT molecular complexity index is 1130. The predicted molar refractivity (Wildman–Crippen MR) is 109 cm³/mol. The summed E-state index contributed by atoms with van der Waals surface area (Å²) >= 11 is 1.17. The lowest BCUT2D eigenvalue weighted by Crippen LogP contribution is -2.13. The first kappa shape index (κ1) is 18.6. The lowest BCUT2D eigenvalue weighted by atomic mass is 10.2. The zero-order valence-electron chi connectivity index (χ0n) is 15.5. The molecule has 2 N–H and O–H groups in total. The fraction of sp³-hybridized carbons (Fsp3) is 0.100. The minimum Gasteiger partial charge on any atom is -0.459 e. The molecule has 0 bridgehead atoms. The molecule has 0 aliphatic heterocycles. The number of benzene rings is 1. The van der Waals surface area contributed by atoms with E-state index in [-0.39, 0.29) is 23.5 Å². The lowest BCUT2D eigenvalue weighted by molar-refractivity contribution is 0.0995. The number of aromatic nitrogens is 3. The van der Waals surface area contributed by atoms with E-state index in [1.807, 2.05) is 30.3 Å². The van der Waals surface area contributed by atoms with E-state index in [0.29, 0.717) is 16.4 Å². The topological polar surface area (TPSA) is 102 Å². The molecule has 4 rings (SSSR count). The van der Waals surface area contributed by atoms with E-state index in [1.165, 1.54) is 17.6 Å². The van der Waals surface area contributed by atoms with Gasteiger partial charge in [0.25, 0.3) is 11.8 Å². The standard InChI is InChI=1S/C20H17N5O3S/c1-13-10-16(22-18(26)15-8-5-9-28-15)29-17(13)19(27)23-20-21-12-25(24-20)11-14-6-3-2-4-7-14/h2-10,12H,11H2,1H3,(H,22,26)(H,23,24,27). The van der Waals surface area contributed by atoms with Crippen LogP contribution < -0.4 is 10.6 Å². The van der Waals surface area contributed by atoms with Crippen LogP contribution in [0.25, 0.3) is 0 Å². The van der Waals surface area contributed by atoms with Crippen molar-refractivity contribution >= 4 is 34.1 Å². The maximum Gasteiger partial charge on any atom is 0.291 e. The van der Waals surface area contributed by atoms with Gasteiger partial charge in [-0.25, -0.2) is 9.67 Å². The second-order valence-corrected chi connectivity index (χ2v) is 7.31. The maximum absolute atomic E-state index is 12.6. The Balaban J connectivity index is 1.41. The predicted octanol–water partition coefficient (Wildman–Crippen LogP) is 3.79. The summed E-state index contributed by atoms with van der Waals surface area (Å²) in [6, 6.07) is 14.8. The van der Waals surface area contributed by atoms with E-state index in [4.69, 9.17) is 4.42 Å². The first-order chi connectivity index (χ1) is 14.1. The lowest BCUT2D eigenvalue weighted by Gasteiger charge is -2.01. The van der Waals surface area contributed by atoms with Crippen molar-refractivity contribution in [2.75, 3.05) is 10.6 Å². The summed E-state index contributed by atoms with van der Waals surface area (Å²) in [5.41, 5.74) is 1.83. The largest absolute Gasteiger partial charge is 0.459 e. The number of carbonyl (C=O) groups excluding carboxylic acids is 2. The summed E-state index contributed by atoms with van der Waals surface area (Å²) in [5.74, 6) is -0.275. The van der Waals surface area contributed by atoms with Gasteiger partial charge in [-0.2, -0.15) is 0 Å². The number of hydrogen-bond donors (Lipinski definition) is 2. The smallest absolute Gasteiger partial charge is 0.291 e. The number of nitrogens with zero attached hydrogens (tertiary/aromatic N) is 3. The Morgan fingerprint density at radius 1 is 1.10 bits per heavy atom. The van der Waals surface area contributed by atoms with Crippen LogP contribution in [0.2, 0.25) is 0 Å². The Kier molecular flexibility index (Phi) is 5.21. The minimum absolute atomic E-state index is 0.204. The molecule has 8 nitrogen and oxygen atoms in total. The average Bonchev–Trinajstić information content (AvgIpc) is 3.44. The van der Waals surface area contributed by atoms with Gasteiger partial charge in [-0.05, 0) is 36.2 Å². The van der Waals surface area contributed by atoms with E-state index in [0.717, 1.165) is 11.1 Å². The molecule has 2 amide bonds. The number of anilines is 2. The number of nitrogens with one attached hydrogen (secondary N) is 2. The van der Waals surface area contributed by atoms with Crippen LogP contribution in [0, 0.1) is 6.92 Å². The quantitative estimate of drug-likeness (QED) is 0.506. The molecule has 0 saturated heterocycles. The van der Waals surface area contributed by atoms with E-state index < -0.39 is 0 Å². The Labute approximate surface area is 170 Å². The molecule has 146 valence electrons. The van der Waals surface area contributed by atoms with Gasteiger partial charge in [-0.1, -0.05) is 30.3 Å². The monoisotopic (exact) mass is 407 g/mol. The molecule has 3 aromatic heterocycles. The van der Waals surface area contributed by atoms with Crippen LogP contribution in [0.15, 0.2) is 65.5 Å². The second-order valence-electron chi connectivity index (χ2n) is 6.26. The molecule has 0 unspecified atom stereocenters. The average molecular weight is 407 g/mol. The molecule has 0 aliphatic carbocycles. The van der Waals surface area contributed by atoms with Gasteiger partial charge < -0.3 is 9.73 Å². The van der Waals surface area contributed by atoms with Crippen LogP contribution in [0.5, 0.6) is 0 Å². The summed E-state index contributed by atoms with van der Waals surface area (Å²) in [4.78, 5) is 29.3. The Hall–Kier alpha value is -3.72. The van der Waals surface area contributed by atoms with Gasteiger partial charge >= 0.3 is 0 Å². The third-order valence-electron chi connectivity index (χ3n) is 4.05. The van der Waals surface area contributed by atoms with Gasteiger partial charge in [0.15, 0.2) is 5.76 Å². The minimum atomic E-state index is -0.371. The van der Waals surface area contributed by atoms with Gasteiger partial charge in [-0.3, -0.25) is 14.9 Å². The highest BCUT2D eigenvalue weighted by Gasteiger charge is 2.18. The van der Waals surface area contributed by atoms with Crippen LogP contribution >= 0.6 is 11.3 Å². The van der Waals surface area contributed by atoms with E-state index in [2.05, 4.69) is 20.7 Å². The molecular formula is C20H17N5O3S. The van der Waals surface area contributed by atoms with Gasteiger partial charge in [0, 0.05) is 0 Å². The van der Waals surface area contributed by atoms with Crippen LogP contribution in [-0.4, -0.2) is 26.6 Å². The molecule has 0 aliphatic rings. The highest BCUT2D eigenvalue weighted by atomic mass is 32.1. The molecule has 0 fully saturated rings. The van der Waals surface area contributed by atoms with Crippen molar-refractivity contribution in [2.45, 2.75) is 13.5 Å². The van der Waals surface area contributed by atoms with Crippen molar-refractivity contribution < 1.29 is 14.0 Å². The zero-order chi connectivity index (χ0) is 20.2. The summed E-state index contributed by atoms with van der Waals surface area (Å²) in [5, 5.41) is 10.3. The normalized spacial score (nSPS) is 10.7. The molecule has 0 radical (unpaired) electrons. The number of furan rings is 1. The molecule has 3 heterocycles. The van der Waals surface area contributed by atoms with Crippen LogP contribution in [0.4, 0.5) is 10.9 Å². The van der Waals surface area contributed by atoms with Gasteiger partial charge in [-0.15, -0.1) is 16.4 Å².